The fourth-order valence-electron chi connectivity index (χ4n) is 3.94. The second kappa shape index (κ2) is 8.43. The summed E-state index contributed by atoms with van der Waals surface area (Å²) in [5.41, 5.74) is 1.51. The molecule has 1 aliphatic rings. The normalized spacial score (nSPS) is 16.7. The van der Waals surface area contributed by atoms with E-state index < -0.39 is 0 Å². The van der Waals surface area contributed by atoms with Gasteiger partial charge < -0.3 is 10.2 Å². The van der Waals surface area contributed by atoms with Crippen LogP contribution in [0.5, 0.6) is 0 Å². The highest BCUT2D eigenvalue weighted by molar-refractivity contribution is 5.92. The van der Waals surface area contributed by atoms with Gasteiger partial charge >= 0.3 is 0 Å². The molecule has 0 saturated carbocycles. The van der Waals surface area contributed by atoms with Crippen LogP contribution in [0, 0.1) is 5.92 Å². The molecule has 7 nitrogen and oxygen atoms in total. The Morgan fingerprint density at radius 1 is 1.17 bits per heavy atom. The molecule has 2 amide bonds. The summed E-state index contributed by atoms with van der Waals surface area (Å²) in [6, 6.07) is 14.4. The third-order valence-electron chi connectivity index (χ3n) is 5.42. The first kappa shape index (κ1) is 19.1. The Hall–Kier alpha value is -3.22. The van der Waals surface area contributed by atoms with Crippen molar-refractivity contribution in [2.75, 3.05) is 19.6 Å². The first-order valence-corrected chi connectivity index (χ1v) is 10.0. The van der Waals surface area contributed by atoms with Crippen molar-refractivity contribution in [1.82, 2.24) is 25.2 Å². The Balaban J connectivity index is 1.44. The second-order valence-corrected chi connectivity index (χ2v) is 7.64. The Kier molecular flexibility index (Phi) is 5.55. The van der Waals surface area contributed by atoms with Crippen molar-refractivity contribution in [2.45, 2.75) is 26.3 Å². The van der Waals surface area contributed by atoms with Crippen molar-refractivity contribution in [3.8, 4) is 0 Å². The van der Waals surface area contributed by atoms with Crippen LogP contribution < -0.4 is 5.32 Å². The van der Waals surface area contributed by atoms with Crippen LogP contribution in [0.25, 0.3) is 10.8 Å². The largest absolute Gasteiger partial charge is 0.356 e. The lowest BCUT2D eigenvalue weighted by atomic mass is 9.97. The van der Waals surface area contributed by atoms with E-state index in [0.717, 1.165) is 18.4 Å². The van der Waals surface area contributed by atoms with Crippen LogP contribution in [0.4, 0.5) is 0 Å². The highest BCUT2D eigenvalue weighted by Crippen LogP contribution is 2.20. The van der Waals surface area contributed by atoms with Crippen LogP contribution in [-0.2, 0) is 11.3 Å². The fourth-order valence-corrected chi connectivity index (χ4v) is 3.94. The van der Waals surface area contributed by atoms with Crippen molar-refractivity contribution in [3.63, 3.8) is 0 Å². The molecule has 0 aliphatic carbocycles. The maximum absolute atomic E-state index is 12.9. The molecule has 1 unspecified atom stereocenters. The van der Waals surface area contributed by atoms with Gasteiger partial charge in [-0.05, 0) is 35.1 Å². The minimum Gasteiger partial charge on any atom is -0.356 e. The number of hydrogen-bond acceptors (Lipinski definition) is 4. The highest BCUT2D eigenvalue weighted by atomic mass is 16.2. The smallest absolute Gasteiger partial charge is 0.276 e. The average Bonchev–Trinajstić information content (AvgIpc) is 3.21. The summed E-state index contributed by atoms with van der Waals surface area (Å²) >= 11 is 0. The number of rotatable bonds is 5. The SMILES string of the molecule is CC(=O)NCC1CCCN(C(=O)c2cn(Cc3cccc4ccccc34)nn2)C1. The van der Waals surface area contributed by atoms with Crippen molar-refractivity contribution >= 4 is 22.6 Å². The number of benzene rings is 2. The lowest BCUT2D eigenvalue weighted by molar-refractivity contribution is -0.119. The van der Waals surface area contributed by atoms with Gasteiger partial charge in [0, 0.05) is 26.6 Å². The van der Waals surface area contributed by atoms with Gasteiger partial charge in [0.15, 0.2) is 5.69 Å². The number of hydrogen-bond donors (Lipinski definition) is 1. The summed E-state index contributed by atoms with van der Waals surface area (Å²) in [7, 11) is 0. The van der Waals surface area contributed by atoms with Gasteiger partial charge in [-0.2, -0.15) is 0 Å². The fraction of sp³-hybridized carbons (Fsp3) is 0.364. The first-order chi connectivity index (χ1) is 14.1. The van der Waals surface area contributed by atoms with Gasteiger partial charge in [-0.15, -0.1) is 5.10 Å². The summed E-state index contributed by atoms with van der Waals surface area (Å²) < 4.78 is 1.72. The van der Waals surface area contributed by atoms with Crippen molar-refractivity contribution < 1.29 is 9.59 Å². The molecule has 0 spiro atoms. The van der Waals surface area contributed by atoms with Gasteiger partial charge in [-0.1, -0.05) is 47.7 Å². The van der Waals surface area contributed by atoms with Gasteiger partial charge in [0.25, 0.3) is 5.91 Å². The molecular weight excluding hydrogens is 366 g/mol. The molecule has 1 atom stereocenters. The van der Waals surface area contributed by atoms with Gasteiger partial charge in [-0.25, -0.2) is 4.68 Å². The highest BCUT2D eigenvalue weighted by Gasteiger charge is 2.26. The van der Waals surface area contributed by atoms with Gasteiger partial charge in [0.1, 0.15) is 0 Å². The van der Waals surface area contributed by atoms with E-state index in [4.69, 9.17) is 0 Å². The molecule has 0 bridgehead atoms. The first-order valence-electron chi connectivity index (χ1n) is 10.0. The number of aromatic nitrogens is 3. The summed E-state index contributed by atoms with van der Waals surface area (Å²) in [6.45, 7) is 4.03. The maximum atomic E-state index is 12.9. The van der Waals surface area contributed by atoms with Crippen LogP contribution in [0.15, 0.2) is 48.7 Å². The summed E-state index contributed by atoms with van der Waals surface area (Å²) in [5, 5.41) is 13.5. The van der Waals surface area contributed by atoms with Crippen LogP contribution in [0.2, 0.25) is 0 Å². The molecule has 3 aromatic rings. The Labute approximate surface area is 169 Å². The number of carbonyl (C=O) groups excluding carboxylic acids is 2. The van der Waals surface area contributed by atoms with E-state index in [1.807, 2.05) is 23.1 Å². The number of piperidine rings is 1. The van der Waals surface area contributed by atoms with Gasteiger partial charge in [-0.3, -0.25) is 9.59 Å². The topological polar surface area (TPSA) is 80.1 Å². The predicted octanol–water partition coefficient (Wildman–Crippen LogP) is 2.47. The Morgan fingerprint density at radius 3 is 2.86 bits per heavy atom. The van der Waals surface area contributed by atoms with Gasteiger partial charge in [0.2, 0.25) is 5.91 Å². The van der Waals surface area contributed by atoms with E-state index in [1.165, 1.54) is 17.7 Å². The Morgan fingerprint density at radius 2 is 2.00 bits per heavy atom. The lowest BCUT2D eigenvalue weighted by Crippen LogP contribution is -2.43. The standard InChI is InChI=1S/C22H25N5O2/c1-16(28)23-12-17-6-5-11-26(13-17)22(29)21-15-27(25-24-21)14-19-9-4-8-18-7-2-3-10-20(18)19/h2-4,7-10,15,17H,5-6,11-14H2,1H3,(H,23,28). The van der Waals surface area contributed by atoms with E-state index in [9.17, 15) is 9.59 Å². The van der Waals surface area contributed by atoms with E-state index in [2.05, 4.69) is 39.9 Å². The van der Waals surface area contributed by atoms with Crippen LogP contribution in [0.1, 0.15) is 35.8 Å². The molecule has 1 N–H and O–H groups in total. The van der Waals surface area contributed by atoms with Crippen LogP contribution >= 0.6 is 0 Å². The third kappa shape index (κ3) is 4.45. The number of likely N-dealkylation sites (tertiary alicyclic amines) is 1. The zero-order valence-corrected chi connectivity index (χ0v) is 16.5. The predicted molar refractivity (Wildman–Crippen MR) is 110 cm³/mol. The Bertz CT molecular complexity index is 1020. The lowest BCUT2D eigenvalue weighted by Gasteiger charge is -2.32. The zero-order valence-electron chi connectivity index (χ0n) is 16.5. The quantitative estimate of drug-likeness (QED) is 0.725. The molecule has 1 aliphatic heterocycles. The molecule has 1 saturated heterocycles. The zero-order chi connectivity index (χ0) is 20.2. The van der Waals surface area contributed by atoms with Gasteiger partial charge in [0.05, 0.1) is 12.7 Å². The van der Waals surface area contributed by atoms with Crippen molar-refractivity contribution in [1.29, 1.82) is 0 Å². The van der Waals surface area contributed by atoms with E-state index in [-0.39, 0.29) is 17.7 Å². The molecule has 1 fully saturated rings. The van der Waals surface area contributed by atoms with Crippen LogP contribution in [0.3, 0.4) is 0 Å². The van der Waals surface area contributed by atoms with Crippen LogP contribution in [-0.4, -0.2) is 51.3 Å². The number of amides is 2. The minimum absolute atomic E-state index is 0.0372. The molecule has 150 valence electrons. The number of carbonyl (C=O) groups is 2. The molecule has 29 heavy (non-hydrogen) atoms. The number of nitrogens with one attached hydrogen (secondary N) is 1. The van der Waals surface area contributed by atoms with E-state index in [0.29, 0.717) is 31.9 Å². The molecule has 7 heteroatoms. The minimum atomic E-state index is -0.0957. The van der Waals surface area contributed by atoms with Crippen molar-refractivity contribution in [2.24, 2.45) is 5.92 Å². The summed E-state index contributed by atoms with van der Waals surface area (Å²) in [6.07, 6.45) is 3.67. The van der Waals surface area contributed by atoms with E-state index in [1.54, 1.807) is 10.9 Å². The number of nitrogens with zero attached hydrogens (tertiary/aromatic N) is 4. The maximum Gasteiger partial charge on any atom is 0.276 e. The van der Waals surface area contributed by atoms with E-state index >= 15 is 0 Å². The molecule has 0 radical (unpaired) electrons. The molecule has 4 rings (SSSR count). The summed E-state index contributed by atoms with van der Waals surface area (Å²) in [4.78, 5) is 25.9. The number of fused-ring (bicyclic) bond motifs is 1. The third-order valence-corrected chi connectivity index (χ3v) is 5.42. The van der Waals surface area contributed by atoms with Crippen molar-refractivity contribution in [3.05, 3.63) is 59.9 Å². The average molecular weight is 391 g/mol. The molecule has 2 aromatic carbocycles. The molecular formula is C22H25N5O2. The second-order valence-electron chi connectivity index (χ2n) is 7.64. The molecule has 2 heterocycles. The molecule has 1 aromatic heterocycles. The monoisotopic (exact) mass is 391 g/mol. The summed E-state index contributed by atoms with van der Waals surface area (Å²) in [5.74, 6) is 0.147.